The number of hydrogen-bond acceptors (Lipinski definition) is 2. The SMILES string of the molecule is C[C@H](NCc1cc(F)ccc1C#N)C1CCCC1. The standard InChI is InChI=1S/C15H19FN2/c1-11(12-4-2-3-5-12)18-10-14-8-15(16)7-6-13(14)9-17/h6-8,11-12,18H,2-5,10H2,1H3/t11-/m0/s1. The number of halogens is 1. The summed E-state index contributed by atoms with van der Waals surface area (Å²) in [6.45, 7) is 2.75. The summed E-state index contributed by atoms with van der Waals surface area (Å²) >= 11 is 0. The first-order valence-electron chi connectivity index (χ1n) is 6.62. The molecule has 0 saturated heterocycles. The van der Waals surface area contributed by atoms with Crippen molar-refractivity contribution in [1.82, 2.24) is 5.32 Å². The number of hydrogen-bond donors (Lipinski definition) is 1. The van der Waals surface area contributed by atoms with E-state index >= 15 is 0 Å². The van der Waals surface area contributed by atoms with Crippen LogP contribution in [0.2, 0.25) is 0 Å². The minimum atomic E-state index is -0.278. The fourth-order valence-corrected chi connectivity index (χ4v) is 2.71. The molecule has 1 N–H and O–H groups in total. The summed E-state index contributed by atoms with van der Waals surface area (Å²) in [7, 11) is 0. The zero-order valence-corrected chi connectivity index (χ0v) is 10.7. The van der Waals surface area contributed by atoms with E-state index in [1.807, 2.05) is 0 Å². The van der Waals surface area contributed by atoms with Crippen LogP contribution in [0.1, 0.15) is 43.7 Å². The van der Waals surface area contributed by atoms with Gasteiger partial charge in [0.15, 0.2) is 0 Å². The number of benzene rings is 1. The summed E-state index contributed by atoms with van der Waals surface area (Å²) in [6, 6.07) is 6.88. The first kappa shape index (κ1) is 13.0. The number of rotatable bonds is 4. The van der Waals surface area contributed by atoms with Crippen LogP contribution in [0.5, 0.6) is 0 Å². The number of nitriles is 1. The second-order valence-corrected chi connectivity index (χ2v) is 5.13. The summed E-state index contributed by atoms with van der Waals surface area (Å²) in [6.07, 6.45) is 5.20. The van der Waals surface area contributed by atoms with Crippen LogP contribution in [0.25, 0.3) is 0 Å². The molecular weight excluding hydrogens is 227 g/mol. The predicted octanol–water partition coefficient (Wildman–Crippen LogP) is 3.37. The summed E-state index contributed by atoms with van der Waals surface area (Å²) < 4.78 is 13.2. The van der Waals surface area contributed by atoms with E-state index in [4.69, 9.17) is 5.26 Å². The van der Waals surface area contributed by atoms with E-state index in [0.29, 0.717) is 18.2 Å². The van der Waals surface area contributed by atoms with Gasteiger partial charge in [-0.3, -0.25) is 0 Å². The molecule has 1 aromatic rings. The van der Waals surface area contributed by atoms with Gasteiger partial charge in [0, 0.05) is 12.6 Å². The van der Waals surface area contributed by atoms with E-state index in [-0.39, 0.29) is 5.82 Å². The van der Waals surface area contributed by atoms with Gasteiger partial charge in [-0.25, -0.2) is 4.39 Å². The Morgan fingerprint density at radius 3 is 2.83 bits per heavy atom. The highest BCUT2D eigenvalue weighted by Crippen LogP contribution is 2.27. The summed E-state index contributed by atoms with van der Waals surface area (Å²) in [5, 5.41) is 12.4. The van der Waals surface area contributed by atoms with Crippen molar-refractivity contribution in [3.8, 4) is 6.07 Å². The molecule has 0 bridgehead atoms. The number of nitrogens with zero attached hydrogens (tertiary/aromatic N) is 1. The third-order valence-corrected chi connectivity index (χ3v) is 3.91. The molecule has 0 amide bonds. The van der Waals surface area contributed by atoms with E-state index in [0.717, 1.165) is 11.5 Å². The van der Waals surface area contributed by atoms with Gasteiger partial charge in [0.05, 0.1) is 11.6 Å². The lowest BCUT2D eigenvalue weighted by Crippen LogP contribution is -2.32. The van der Waals surface area contributed by atoms with Crippen LogP contribution in [0.15, 0.2) is 18.2 Å². The Morgan fingerprint density at radius 2 is 2.17 bits per heavy atom. The Bertz CT molecular complexity index is 444. The Kier molecular flexibility index (Phi) is 4.33. The summed E-state index contributed by atoms with van der Waals surface area (Å²) in [4.78, 5) is 0. The average Bonchev–Trinajstić information content (AvgIpc) is 2.90. The molecule has 1 saturated carbocycles. The molecule has 1 aromatic carbocycles. The van der Waals surface area contributed by atoms with E-state index in [1.165, 1.54) is 37.8 Å². The summed E-state index contributed by atoms with van der Waals surface area (Å²) in [5.74, 6) is 0.448. The average molecular weight is 246 g/mol. The van der Waals surface area contributed by atoms with Crippen LogP contribution >= 0.6 is 0 Å². The van der Waals surface area contributed by atoms with Crippen molar-refractivity contribution in [2.45, 2.75) is 45.2 Å². The summed E-state index contributed by atoms with van der Waals surface area (Å²) in [5.41, 5.74) is 1.31. The zero-order valence-electron chi connectivity index (χ0n) is 10.7. The maximum absolute atomic E-state index is 13.2. The van der Waals surface area contributed by atoms with Gasteiger partial charge in [-0.15, -0.1) is 0 Å². The minimum Gasteiger partial charge on any atom is -0.310 e. The molecular formula is C15H19FN2. The van der Waals surface area contributed by atoms with Crippen molar-refractivity contribution in [3.63, 3.8) is 0 Å². The van der Waals surface area contributed by atoms with Crippen molar-refractivity contribution < 1.29 is 4.39 Å². The fraction of sp³-hybridized carbons (Fsp3) is 0.533. The zero-order chi connectivity index (χ0) is 13.0. The highest BCUT2D eigenvalue weighted by atomic mass is 19.1. The topological polar surface area (TPSA) is 35.8 Å². The largest absolute Gasteiger partial charge is 0.310 e. The predicted molar refractivity (Wildman–Crippen MR) is 69.4 cm³/mol. The van der Waals surface area contributed by atoms with Crippen LogP contribution in [0.4, 0.5) is 4.39 Å². The molecule has 2 nitrogen and oxygen atoms in total. The molecule has 18 heavy (non-hydrogen) atoms. The van der Waals surface area contributed by atoms with Crippen LogP contribution in [-0.2, 0) is 6.54 Å². The molecule has 0 unspecified atom stereocenters. The molecule has 1 aliphatic rings. The van der Waals surface area contributed by atoms with Gasteiger partial charge in [-0.2, -0.15) is 5.26 Å². The Hall–Kier alpha value is -1.40. The van der Waals surface area contributed by atoms with Crippen molar-refractivity contribution in [1.29, 1.82) is 5.26 Å². The third-order valence-electron chi connectivity index (χ3n) is 3.91. The Balaban J connectivity index is 1.97. The smallest absolute Gasteiger partial charge is 0.123 e. The second kappa shape index (κ2) is 5.97. The van der Waals surface area contributed by atoms with Crippen LogP contribution in [0.3, 0.4) is 0 Å². The molecule has 3 heteroatoms. The molecule has 1 fully saturated rings. The second-order valence-electron chi connectivity index (χ2n) is 5.13. The van der Waals surface area contributed by atoms with E-state index in [9.17, 15) is 4.39 Å². The van der Waals surface area contributed by atoms with Crippen molar-refractivity contribution in [2.75, 3.05) is 0 Å². The van der Waals surface area contributed by atoms with Crippen molar-refractivity contribution >= 4 is 0 Å². The van der Waals surface area contributed by atoms with Gasteiger partial charge >= 0.3 is 0 Å². The minimum absolute atomic E-state index is 0.278. The lowest BCUT2D eigenvalue weighted by molar-refractivity contribution is 0.380. The lowest BCUT2D eigenvalue weighted by atomic mass is 9.99. The monoisotopic (exact) mass is 246 g/mol. The lowest BCUT2D eigenvalue weighted by Gasteiger charge is -2.20. The quantitative estimate of drug-likeness (QED) is 0.884. The van der Waals surface area contributed by atoms with Crippen LogP contribution < -0.4 is 5.32 Å². The molecule has 96 valence electrons. The highest BCUT2D eigenvalue weighted by molar-refractivity contribution is 5.37. The maximum Gasteiger partial charge on any atom is 0.123 e. The fourth-order valence-electron chi connectivity index (χ4n) is 2.71. The molecule has 0 radical (unpaired) electrons. The molecule has 0 aromatic heterocycles. The van der Waals surface area contributed by atoms with Crippen LogP contribution in [-0.4, -0.2) is 6.04 Å². The Labute approximate surface area is 108 Å². The van der Waals surface area contributed by atoms with E-state index < -0.39 is 0 Å². The van der Waals surface area contributed by atoms with Crippen molar-refractivity contribution in [3.05, 3.63) is 35.1 Å². The van der Waals surface area contributed by atoms with Crippen LogP contribution in [0, 0.1) is 23.1 Å². The highest BCUT2D eigenvalue weighted by Gasteiger charge is 2.21. The van der Waals surface area contributed by atoms with Gasteiger partial charge < -0.3 is 5.32 Å². The van der Waals surface area contributed by atoms with Crippen molar-refractivity contribution in [2.24, 2.45) is 5.92 Å². The van der Waals surface area contributed by atoms with Gasteiger partial charge in [0.1, 0.15) is 5.82 Å². The van der Waals surface area contributed by atoms with E-state index in [1.54, 1.807) is 6.07 Å². The van der Waals surface area contributed by atoms with E-state index in [2.05, 4.69) is 18.3 Å². The molecule has 1 atom stereocenters. The van der Waals surface area contributed by atoms with Gasteiger partial charge in [0.2, 0.25) is 0 Å². The van der Waals surface area contributed by atoms with Gasteiger partial charge in [0.25, 0.3) is 0 Å². The third kappa shape index (κ3) is 3.08. The first-order valence-corrected chi connectivity index (χ1v) is 6.62. The molecule has 0 aliphatic heterocycles. The normalized spacial score (nSPS) is 17.6. The number of nitrogens with one attached hydrogen (secondary N) is 1. The van der Waals surface area contributed by atoms with Gasteiger partial charge in [-0.05, 0) is 49.4 Å². The molecule has 1 aliphatic carbocycles. The molecule has 0 heterocycles. The molecule has 2 rings (SSSR count). The maximum atomic E-state index is 13.2. The molecule has 0 spiro atoms. The van der Waals surface area contributed by atoms with Gasteiger partial charge in [-0.1, -0.05) is 12.8 Å². The first-order chi connectivity index (χ1) is 8.70. The Morgan fingerprint density at radius 1 is 1.44 bits per heavy atom.